The number of para-hydroxylation sites is 1. The van der Waals surface area contributed by atoms with Gasteiger partial charge in [0.25, 0.3) is 0 Å². The molecule has 0 fully saturated rings. The molecule has 3 rings (SSSR count). The molecule has 1 aromatic carbocycles. The number of hydrogen-bond acceptors (Lipinski definition) is 5. The SMILES string of the molecule is CC[C@@H](C)NC(=O)CCN(CC(C)C)c1nc(-c2ccco2)nc2ccccc12. The Labute approximate surface area is 172 Å². The monoisotopic (exact) mass is 394 g/mol. The van der Waals surface area contributed by atoms with E-state index in [4.69, 9.17) is 9.40 Å². The van der Waals surface area contributed by atoms with E-state index in [1.807, 2.05) is 43.3 Å². The number of carbonyl (C=O) groups excluding carboxylic acids is 1. The van der Waals surface area contributed by atoms with Gasteiger partial charge in [-0.25, -0.2) is 9.97 Å². The maximum absolute atomic E-state index is 12.4. The van der Waals surface area contributed by atoms with Crippen molar-refractivity contribution in [1.82, 2.24) is 15.3 Å². The van der Waals surface area contributed by atoms with Gasteiger partial charge in [-0.15, -0.1) is 0 Å². The van der Waals surface area contributed by atoms with Crippen molar-refractivity contribution >= 4 is 22.6 Å². The highest BCUT2D eigenvalue weighted by molar-refractivity contribution is 5.91. The van der Waals surface area contributed by atoms with E-state index in [2.05, 4.69) is 36.0 Å². The van der Waals surface area contributed by atoms with Crippen molar-refractivity contribution in [2.24, 2.45) is 5.92 Å². The van der Waals surface area contributed by atoms with Crippen LogP contribution in [0.3, 0.4) is 0 Å². The number of amides is 1. The molecule has 3 aromatic rings. The summed E-state index contributed by atoms with van der Waals surface area (Å²) in [7, 11) is 0. The van der Waals surface area contributed by atoms with Crippen molar-refractivity contribution in [2.45, 2.75) is 46.6 Å². The molecule has 154 valence electrons. The van der Waals surface area contributed by atoms with Gasteiger partial charge in [0, 0.05) is 30.9 Å². The zero-order chi connectivity index (χ0) is 20.8. The molecule has 0 radical (unpaired) electrons. The number of benzene rings is 1. The number of anilines is 1. The van der Waals surface area contributed by atoms with Crippen LogP contribution in [0.2, 0.25) is 0 Å². The summed E-state index contributed by atoms with van der Waals surface area (Å²) in [6.07, 6.45) is 2.97. The maximum atomic E-state index is 12.4. The average Bonchev–Trinajstić information content (AvgIpc) is 3.25. The lowest BCUT2D eigenvalue weighted by Crippen LogP contribution is -2.36. The Morgan fingerprint density at radius 3 is 2.62 bits per heavy atom. The fourth-order valence-corrected chi connectivity index (χ4v) is 3.23. The van der Waals surface area contributed by atoms with E-state index in [1.54, 1.807) is 6.26 Å². The second-order valence-electron chi connectivity index (χ2n) is 7.83. The fraction of sp³-hybridized carbons (Fsp3) is 0.435. The zero-order valence-corrected chi connectivity index (χ0v) is 17.7. The number of aromatic nitrogens is 2. The van der Waals surface area contributed by atoms with Gasteiger partial charge in [0.2, 0.25) is 5.91 Å². The van der Waals surface area contributed by atoms with Gasteiger partial charge in [-0.1, -0.05) is 32.9 Å². The second-order valence-corrected chi connectivity index (χ2v) is 7.83. The lowest BCUT2D eigenvalue weighted by Gasteiger charge is -2.27. The Hall–Kier alpha value is -2.89. The molecule has 0 aliphatic heterocycles. The van der Waals surface area contributed by atoms with Crippen molar-refractivity contribution in [2.75, 3.05) is 18.0 Å². The first kappa shape index (κ1) is 20.8. The highest BCUT2D eigenvalue weighted by atomic mass is 16.3. The molecule has 2 heterocycles. The van der Waals surface area contributed by atoms with Crippen molar-refractivity contribution < 1.29 is 9.21 Å². The van der Waals surface area contributed by atoms with Gasteiger partial charge in [0.15, 0.2) is 11.6 Å². The first-order valence-electron chi connectivity index (χ1n) is 10.3. The molecular formula is C23H30N4O2. The summed E-state index contributed by atoms with van der Waals surface area (Å²) in [5, 5.41) is 4.02. The van der Waals surface area contributed by atoms with Crippen LogP contribution >= 0.6 is 0 Å². The Bertz CT molecular complexity index is 937. The summed E-state index contributed by atoms with van der Waals surface area (Å²) >= 11 is 0. The molecule has 0 bridgehead atoms. The second kappa shape index (κ2) is 9.54. The molecule has 0 saturated heterocycles. The third-order valence-corrected chi connectivity index (χ3v) is 4.84. The van der Waals surface area contributed by atoms with Crippen LogP contribution < -0.4 is 10.2 Å². The topological polar surface area (TPSA) is 71.3 Å². The van der Waals surface area contributed by atoms with Crippen LogP contribution in [0, 0.1) is 5.92 Å². The normalized spacial score (nSPS) is 12.3. The van der Waals surface area contributed by atoms with Gasteiger partial charge in [0.1, 0.15) is 5.82 Å². The predicted octanol–water partition coefficient (Wildman–Crippen LogP) is 4.66. The minimum absolute atomic E-state index is 0.0673. The van der Waals surface area contributed by atoms with Crippen molar-refractivity contribution in [3.63, 3.8) is 0 Å². The van der Waals surface area contributed by atoms with E-state index in [-0.39, 0.29) is 11.9 Å². The summed E-state index contributed by atoms with van der Waals surface area (Å²) in [4.78, 5) is 24.1. The molecule has 1 amide bonds. The Morgan fingerprint density at radius 2 is 1.93 bits per heavy atom. The highest BCUT2D eigenvalue weighted by Crippen LogP contribution is 2.28. The molecule has 0 unspecified atom stereocenters. The number of nitrogens with one attached hydrogen (secondary N) is 1. The average molecular weight is 395 g/mol. The van der Waals surface area contributed by atoms with E-state index >= 15 is 0 Å². The quantitative estimate of drug-likeness (QED) is 0.572. The van der Waals surface area contributed by atoms with E-state index in [9.17, 15) is 4.79 Å². The van der Waals surface area contributed by atoms with E-state index in [1.165, 1.54) is 0 Å². The molecule has 0 aliphatic carbocycles. The van der Waals surface area contributed by atoms with Gasteiger partial charge in [-0.2, -0.15) is 0 Å². The third-order valence-electron chi connectivity index (χ3n) is 4.84. The molecule has 0 saturated carbocycles. The number of carbonyl (C=O) groups is 1. The standard InChI is InChI=1S/C23H30N4O2/c1-5-17(4)24-21(28)12-13-27(15-16(2)3)23-18-9-6-7-10-19(18)25-22(26-23)20-11-8-14-29-20/h6-11,14,16-17H,5,12-13,15H2,1-4H3,(H,24,28)/t17-/m1/s1. The summed E-state index contributed by atoms with van der Waals surface area (Å²) in [6.45, 7) is 9.83. The zero-order valence-electron chi connectivity index (χ0n) is 17.7. The maximum Gasteiger partial charge on any atom is 0.221 e. The van der Waals surface area contributed by atoms with Crippen LogP contribution in [0.5, 0.6) is 0 Å². The van der Waals surface area contributed by atoms with Gasteiger partial charge in [0.05, 0.1) is 11.8 Å². The largest absolute Gasteiger partial charge is 0.461 e. The van der Waals surface area contributed by atoms with E-state index < -0.39 is 0 Å². The minimum atomic E-state index is 0.0673. The van der Waals surface area contributed by atoms with Crippen LogP contribution in [0.25, 0.3) is 22.5 Å². The van der Waals surface area contributed by atoms with Crippen LogP contribution in [0.4, 0.5) is 5.82 Å². The number of hydrogen-bond donors (Lipinski definition) is 1. The summed E-state index contributed by atoms with van der Waals surface area (Å²) in [6, 6.07) is 11.9. The van der Waals surface area contributed by atoms with Gasteiger partial charge >= 0.3 is 0 Å². The molecule has 2 aromatic heterocycles. The van der Waals surface area contributed by atoms with E-state index in [0.29, 0.717) is 30.5 Å². The lowest BCUT2D eigenvalue weighted by molar-refractivity contribution is -0.121. The highest BCUT2D eigenvalue weighted by Gasteiger charge is 2.18. The summed E-state index contributed by atoms with van der Waals surface area (Å²) < 4.78 is 5.53. The number of fused-ring (bicyclic) bond motifs is 1. The minimum Gasteiger partial charge on any atom is -0.461 e. The number of rotatable bonds is 9. The van der Waals surface area contributed by atoms with Crippen LogP contribution in [0.15, 0.2) is 47.1 Å². The summed E-state index contributed by atoms with van der Waals surface area (Å²) in [5.74, 6) is 2.52. The first-order chi connectivity index (χ1) is 14.0. The Balaban J connectivity index is 1.95. The predicted molar refractivity (Wildman–Crippen MR) is 117 cm³/mol. The van der Waals surface area contributed by atoms with Crippen LogP contribution in [0.1, 0.15) is 40.5 Å². The van der Waals surface area contributed by atoms with Gasteiger partial charge in [-0.3, -0.25) is 4.79 Å². The van der Waals surface area contributed by atoms with Crippen LogP contribution in [-0.4, -0.2) is 35.0 Å². The fourth-order valence-electron chi connectivity index (χ4n) is 3.23. The first-order valence-corrected chi connectivity index (χ1v) is 10.3. The smallest absolute Gasteiger partial charge is 0.221 e. The number of nitrogens with zero attached hydrogens (tertiary/aromatic N) is 3. The van der Waals surface area contributed by atoms with E-state index in [0.717, 1.165) is 29.7 Å². The van der Waals surface area contributed by atoms with Gasteiger partial charge < -0.3 is 14.6 Å². The van der Waals surface area contributed by atoms with Crippen molar-refractivity contribution in [1.29, 1.82) is 0 Å². The molecule has 29 heavy (non-hydrogen) atoms. The lowest BCUT2D eigenvalue weighted by atomic mass is 10.1. The molecule has 6 heteroatoms. The molecular weight excluding hydrogens is 364 g/mol. The Kier molecular flexibility index (Phi) is 6.86. The van der Waals surface area contributed by atoms with Crippen molar-refractivity contribution in [3.05, 3.63) is 42.7 Å². The number of furan rings is 1. The Morgan fingerprint density at radius 1 is 1.14 bits per heavy atom. The molecule has 1 N–H and O–H groups in total. The molecule has 6 nitrogen and oxygen atoms in total. The van der Waals surface area contributed by atoms with Gasteiger partial charge in [-0.05, 0) is 43.5 Å². The van der Waals surface area contributed by atoms with Crippen molar-refractivity contribution in [3.8, 4) is 11.6 Å². The molecule has 0 aliphatic rings. The third kappa shape index (κ3) is 5.34. The molecule has 0 spiro atoms. The molecule has 1 atom stereocenters. The van der Waals surface area contributed by atoms with Crippen LogP contribution in [-0.2, 0) is 4.79 Å². The summed E-state index contributed by atoms with van der Waals surface area (Å²) in [5.41, 5.74) is 0.863.